The van der Waals surface area contributed by atoms with Gasteiger partial charge in [-0.15, -0.1) is 0 Å². The van der Waals surface area contributed by atoms with E-state index in [0.29, 0.717) is 6.54 Å². The molecule has 1 saturated heterocycles. The number of amides is 1. The molecule has 4 heteroatoms. The van der Waals surface area contributed by atoms with Crippen molar-refractivity contribution in [2.75, 3.05) is 7.11 Å². The van der Waals surface area contributed by atoms with Crippen LogP contribution in [0.15, 0.2) is 66.0 Å². The normalized spacial score (nSPS) is 21.4. The summed E-state index contributed by atoms with van der Waals surface area (Å²) in [5.74, 6) is 1.25. The second-order valence-corrected chi connectivity index (χ2v) is 9.35. The Morgan fingerprint density at radius 3 is 2.61 bits per heavy atom. The van der Waals surface area contributed by atoms with Gasteiger partial charge in [0, 0.05) is 23.4 Å². The first-order chi connectivity index (χ1) is 16.1. The van der Waals surface area contributed by atoms with Crippen molar-refractivity contribution in [1.29, 1.82) is 0 Å². The predicted octanol–water partition coefficient (Wildman–Crippen LogP) is 6.16. The molecule has 33 heavy (non-hydrogen) atoms. The largest absolute Gasteiger partial charge is 0.496 e. The lowest BCUT2D eigenvalue weighted by Crippen LogP contribution is -2.27. The Kier molecular flexibility index (Phi) is 5.92. The van der Waals surface area contributed by atoms with Crippen LogP contribution in [-0.4, -0.2) is 22.9 Å². The molecule has 2 heterocycles. The molecule has 2 aromatic rings. The van der Waals surface area contributed by atoms with Crippen LogP contribution in [-0.2, 0) is 17.8 Å². The van der Waals surface area contributed by atoms with Crippen molar-refractivity contribution >= 4 is 5.91 Å². The number of carbonyl (C=O) groups excluding carboxylic acids is 1. The van der Waals surface area contributed by atoms with E-state index in [4.69, 9.17) is 4.74 Å². The van der Waals surface area contributed by atoms with Crippen molar-refractivity contribution in [2.24, 2.45) is 11.8 Å². The third-order valence-corrected chi connectivity index (χ3v) is 7.28. The number of benzene rings is 1. The van der Waals surface area contributed by atoms with Gasteiger partial charge in [-0.2, -0.15) is 0 Å². The summed E-state index contributed by atoms with van der Waals surface area (Å²) in [6, 6.07) is 8.48. The van der Waals surface area contributed by atoms with Crippen LogP contribution in [0, 0.1) is 18.8 Å². The Balaban J connectivity index is 1.48. The Hall–Kier alpha value is -3.14. The van der Waals surface area contributed by atoms with Crippen LogP contribution in [0.1, 0.15) is 49.3 Å². The number of pyridine rings is 1. The van der Waals surface area contributed by atoms with Crippen molar-refractivity contribution in [3.63, 3.8) is 0 Å². The Morgan fingerprint density at radius 2 is 1.91 bits per heavy atom. The smallest absolute Gasteiger partial charge is 0.234 e. The molecular weight excluding hydrogens is 408 g/mol. The first kappa shape index (κ1) is 21.7. The second-order valence-electron chi connectivity index (χ2n) is 9.35. The SMILES string of the molecule is CCCc1cc(-c2cc(CN3C(=O)C4C=CC=CC4C3=C3CCC3)ccn2)cc(OC)c1C. The lowest BCUT2D eigenvalue weighted by molar-refractivity contribution is -0.129. The summed E-state index contributed by atoms with van der Waals surface area (Å²) in [7, 11) is 1.72. The molecule has 0 N–H and O–H groups in total. The molecule has 0 radical (unpaired) electrons. The molecule has 2 aliphatic carbocycles. The van der Waals surface area contributed by atoms with Gasteiger partial charge in [0.1, 0.15) is 5.75 Å². The van der Waals surface area contributed by atoms with Gasteiger partial charge in [-0.05, 0) is 79.1 Å². The van der Waals surface area contributed by atoms with Crippen molar-refractivity contribution < 1.29 is 9.53 Å². The van der Waals surface area contributed by atoms with Crippen molar-refractivity contribution in [3.05, 3.63) is 82.7 Å². The quantitative estimate of drug-likeness (QED) is 0.540. The third-order valence-electron chi connectivity index (χ3n) is 7.28. The number of hydrogen-bond acceptors (Lipinski definition) is 3. The number of ether oxygens (including phenoxy) is 1. The lowest BCUT2D eigenvalue weighted by atomic mass is 9.82. The van der Waals surface area contributed by atoms with E-state index >= 15 is 0 Å². The molecule has 2 unspecified atom stereocenters. The van der Waals surface area contributed by atoms with Crippen LogP contribution in [0.3, 0.4) is 0 Å². The molecule has 5 rings (SSSR count). The van der Waals surface area contributed by atoms with Crippen molar-refractivity contribution in [3.8, 4) is 17.0 Å². The Labute approximate surface area is 196 Å². The molecule has 2 fully saturated rings. The summed E-state index contributed by atoms with van der Waals surface area (Å²) in [5.41, 5.74) is 8.29. The molecule has 1 aromatic carbocycles. The number of carbonyl (C=O) groups is 1. The van der Waals surface area contributed by atoms with E-state index in [1.807, 2.05) is 23.2 Å². The number of aromatic nitrogens is 1. The fourth-order valence-corrected chi connectivity index (χ4v) is 5.33. The fraction of sp³-hybridized carbons (Fsp3) is 0.379. The molecule has 0 bridgehead atoms. The maximum absolute atomic E-state index is 13.4. The van der Waals surface area contributed by atoms with Crippen molar-refractivity contribution in [2.45, 2.75) is 52.5 Å². The molecule has 1 amide bonds. The summed E-state index contributed by atoms with van der Waals surface area (Å²) < 4.78 is 5.66. The number of methoxy groups -OCH3 is 1. The van der Waals surface area contributed by atoms with Gasteiger partial charge in [0.05, 0.1) is 25.3 Å². The van der Waals surface area contributed by atoms with Gasteiger partial charge >= 0.3 is 0 Å². The maximum atomic E-state index is 13.4. The highest BCUT2D eigenvalue weighted by molar-refractivity contribution is 5.87. The van der Waals surface area contributed by atoms with E-state index in [1.54, 1.807) is 7.11 Å². The van der Waals surface area contributed by atoms with Crippen LogP contribution in [0.4, 0.5) is 0 Å². The van der Waals surface area contributed by atoms with Crippen LogP contribution in [0.5, 0.6) is 5.75 Å². The fourth-order valence-electron chi connectivity index (χ4n) is 5.33. The lowest BCUT2D eigenvalue weighted by Gasteiger charge is -2.28. The number of likely N-dealkylation sites (tertiary alicyclic amines) is 1. The highest BCUT2D eigenvalue weighted by Crippen LogP contribution is 2.45. The number of rotatable bonds is 6. The molecule has 0 spiro atoms. The Morgan fingerprint density at radius 1 is 1.12 bits per heavy atom. The highest BCUT2D eigenvalue weighted by Gasteiger charge is 2.44. The molecular formula is C29H32N2O2. The molecule has 1 aliphatic heterocycles. The average molecular weight is 441 g/mol. The Bertz CT molecular complexity index is 1170. The third kappa shape index (κ3) is 3.92. The van der Waals surface area contributed by atoms with E-state index in [2.05, 4.69) is 55.3 Å². The second kappa shape index (κ2) is 9.01. The van der Waals surface area contributed by atoms with E-state index in [0.717, 1.165) is 48.3 Å². The van der Waals surface area contributed by atoms with Gasteiger partial charge < -0.3 is 9.64 Å². The number of nitrogens with zero attached hydrogens (tertiary/aromatic N) is 2. The predicted molar refractivity (Wildman–Crippen MR) is 132 cm³/mol. The van der Waals surface area contributed by atoms with Gasteiger partial charge in [-0.3, -0.25) is 9.78 Å². The first-order valence-electron chi connectivity index (χ1n) is 12.1. The zero-order valence-electron chi connectivity index (χ0n) is 19.8. The molecule has 1 saturated carbocycles. The number of hydrogen-bond donors (Lipinski definition) is 0. The van der Waals surface area contributed by atoms with Crippen LogP contribution < -0.4 is 4.74 Å². The van der Waals surface area contributed by atoms with Crippen LogP contribution in [0.2, 0.25) is 0 Å². The summed E-state index contributed by atoms with van der Waals surface area (Å²) >= 11 is 0. The zero-order valence-corrected chi connectivity index (χ0v) is 19.8. The van der Waals surface area contributed by atoms with E-state index < -0.39 is 0 Å². The highest BCUT2D eigenvalue weighted by atomic mass is 16.5. The maximum Gasteiger partial charge on any atom is 0.234 e. The topological polar surface area (TPSA) is 42.4 Å². The van der Waals surface area contributed by atoms with Gasteiger partial charge in [0.15, 0.2) is 0 Å². The van der Waals surface area contributed by atoms with Crippen LogP contribution in [0.25, 0.3) is 11.3 Å². The van der Waals surface area contributed by atoms with Gasteiger partial charge in [-0.1, -0.05) is 37.6 Å². The minimum atomic E-state index is -0.0580. The zero-order chi connectivity index (χ0) is 22.9. The molecule has 4 nitrogen and oxygen atoms in total. The van der Waals surface area contributed by atoms with Gasteiger partial charge in [-0.25, -0.2) is 0 Å². The monoisotopic (exact) mass is 440 g/mol. The van der Waals surface area contributed by atoms with Gasteiger partial charge in [0.25, 0.3) is 0 Å². The number of allylic oxidation sites excluding steroid dienone is 4. The standard InChI is InChI=1S/C29H32N2O2/c1-4-8-22-16-23(17-27(33-3)19(22)2)26-15-20(13-14-30-26)18-31-28(21-9-7-10-21)24-11-5-6-12-25(24)29(31)32/h5-6,11-17,24-25H,4,7-10,18H2,1-3H3. The summed E-state index contributed by atoms with van der Waals surface area (Å²) in [5, 5.41) is 0. The molecule has 170 valence electrons. The van der Waals surface area contributed by atoms with E-state index in [9.17, 15) is 4.79 Å². The summed E-state index contributed by atoms with van der Waals surface area (Å²) in [6.07, 6.45) is 15.8. The number of fused-ring (bicyclic) bond motifs is 1. The summed E-state index contributed by atoms with van der Waals surface area (Å²) in [4.78, 5) is 20.1. The first-order valence-corrected chi connectivity index (χ1v) is 12.1. The number of aryl methyl sites for hydroxylation is 1. The molecule has 1 aromatic heterocycles. The molecule has 2 atom stereocenters. The summed E-state index contributed by atoms with van der Waals surface area (Å²) in [6.45, 7) is 4.90. The van der Waals surface area contributed by atoms with Gasteiger partial charge in [0.2, 0.25) is 5.91 Å². The molecule has 3 aliphatic rings. The van der Waals surface area contributed by atoms with E-state index in [-0.39, 0.29) is 17.7 Å². The minimum Gasteiger partial charge on any atom is -0.496 e. The van der Waals surface area contributed by atoms with Crippen LogP contribution >= 0.6 is 0 Å². The average Bonchev–Trinajstić information content (AvgIpc) is 3.06. The van der Waals surface area contributed by atoms with E-state index in [1.165, 1.54) is 28.8 Å². The minimum absolute atomic E-state index is 0.0580. The van der Waals surface area contributed by atoms with Crippen molar-refractivity contribution in [1.82, 2.24) is 9.88 Å².